The van der Waals surface area contributed by atoms with Crippen LogP contribution in [0.2, 0.25) is 0 Å². The molecule has 0 aromatic carbocycles. The Bertz CT molecular complexity index is 335. The van der Waals surface area contributed by atoms with E-state index in [4.69, 9.17) is 9.47 Å². The summed E-state index contributed by atoms with van der Waals surface area (Å²) in [6, 6.07) is 0. The number of rotatable bonds is 4. The zero-order valence-corrected chi connectivity index (χ0v) is 12.1. The summed E-state index contributed by atoms with van der Waals surface area (Å²) in [6.45, 7) is 6.24. The van der Waals surface area contributed by atoms with Crippen molar-refractivity contribution in [2.24, 2.45) is 17.8 Å². The van der Waals surface area contributed by atoms with Crippen LogP contribution in [0, 0.1) is 17.8 Å². The molecule has 0 saturated heterocycles. The Morgan fingerprint density at radius 2 is 1.74 bits per heavy atom. The molecule has 0 radical (unpaired) electrons. The lowest BCUT2D eigenvalue weighted by atomic mass is 9.77. The van der Waals surface area contributed by atoms with Gasteiger partial charge < -0.3 is 9.47 Å². The minimum absolute atomic E-state index is 0.0880. The highest BCUT2D eigenvalue weighted by Gasteiger charge is 2.39. The minimum atomic E-state index is -0.399. The third-order valence-electron chi connectivity index (χ3n) is 3.51. The minimum Gasteiger partial charge on any atom is -0.466 e. The summed E-state index contributed by atoms with van der Waals surface area (Å²) in [6.07, 6.45) is 6.39. The Balaban J connectivity index is 2.93. The molecule has 1 rings (SSSR count). The van der Waals surface area contributed by atoms with Crippen molar-refractivity contribution in [3.8, 4) is 0 Å². The summed E-state index contributed by atoms with van der Waals surface area (Å²) >= 11 is 0. The quantitative estimate of drug-likeness (QED) is 0.581. The number of allylic oxidation sites excluding steroid dienone is 2. The number of esters is 2. The molecule has 0 aliphatic heterocycles. The molecule has 0 heterocycles. The van der Waals surface area contributed by atoms with Crippen LogP contribution in [0.5, 0.6) is 0 Å². The summed E-state index contributed by atoms with van der Waals surface area (Å²) in [7, 11) is 0. The molecule has 0 amide bonds. The molecule has 4 nitrogen and oxygen atoms in total. The van der Waals surface area contributed by atoms with Crippen LogP contribution in [-0.2, 0) is 19.1 Å². The second kappa shape index (κ2) is 7.97. The highest BCUT2D eigenvalue weighted by molar-refractivity contribution is 5.82. The van der Waals surface area contributed by atoms with Crippen LogP contribution in [-0.4, -0.2) is 25.2 Å². The normalized spacial score (nSPS) is 28.9. The Morgan fingerprint density at radius 1 is 1.11 bits per heavy atom. The van der Waals surface area contributed by atoms with Crippen LogP contribution in [0.3, 0.4) is 0 Å². The first kappa shape index (κ1) is 15.7. The second-order valence-electron chi connectivity index (χ2n) is 4.90. The molecule has 0 spiro atoms. The van der Waals surface area contributed by atoms with Crippen molar-refractivity contribution in [1.82, 2.24) is 0 Å². The molecule has 3 unspecified atom stereocenters. The van der Waals surface area contributed by atoms with E-state index in [1.54, 1.807) is 13.8 Å². The van der Waals surface area contributed by atoms with Gasteiger partial charge >= 0.3 is 11.9 Å². The van der Waals surface area contributed by atoms with Crippen LogP contribution in [0.1, 0.15) is 40.0 Å². The van der Waals surface area contributed by atoms with Gasteiger partial charge in [-0.2, -0.15) is 0 Å². The molecule has 1 aliphatic rings. The summed E-state index contributed by atoms with van der Waals surface area (Å²) < 4.78 is 10.2. The molecule has 3 atom stereocenters. The van der Waals surface area contributed by atoms with Crippen LogP contribution < -0.4 is 0 Å². The molecule has 108 valence electrons. The Labute approximate surface area is 115 Å². The predicted molar refractivity (Wildman–Crippen MR) is 72.4 cm³/mol. The monoisotopic (exact) mass is 268 g/mol. The van der Waals surface area contributed by atoms with Crippen LogP contribution >= 0.6 is 0 Å². The van der Waals surface area contributed by atoms with E-state index >= 15 is 0 Å². The summed E-state index contributed by atoms with van der Waals surface area (Å²) in [5.74, 6) is -1.25. The zero-order valence-electron chi connectivity index (χ0n) is 12.1. The van der Waals surface area contributed by atoms with Crippen LogP contribution in [0.25, 0.3) is 0 Å². The van der Waals surface area contributed by atoms with Crippen LogP contribution in [0.15, 0.2) is 12.2 Å². The van der Waals surface area contributed by atoms with E-state index in [0.29, 0.717) is 19.6 Å². The molecule has 4 heteroatoms. The predicted octanol–water partition coefficient (Wildman–Crippen LogP) is 2.72. The van der Waals surface area contributed by atoms with Gasteiger partial charge in [-0.1, -0.05) is 19.1 Å². The van der Waals surface area contributed by atoms with Gasteiger partial charge in [-0.3, -0.25) is 9.59 Å². The van der Waals surface area contributed by atoms with E-state index in [0.717, 1.165) is 12.8 Å². The van der Waals surface area contributed by atoms with E-state index in [9.17, 15) is 9.59 Å². The molecule has 0 saturated carbocycles. The zero-order chi connectivity index (χ0) is 14.3. The lowest BCUT2D eigenvalue weighted by molar-refractivity contribution is -0.163. The maximum atomic E-state index is 12.1. The van der Waals surface area contributed by atoms with Crippen molar-refractivity contribution in [2.45, 2.75) is 40.0 Å². The molecule has 0 aromatic rings. The molecule has 0 N–H and O–H groups in total. The first-order valence-electron chi connectivity index (χ1n) is 7.10. The van der Waals surface area contributed by atoms with Gasteiger partial charge in [-0.05, 0) is 39.0 Å². The van der Waals surface area contributed by atoms with Crippen LogP contribution in [0.4, 0.5) is 0 Å². The molecule has 1 aliphatic carbocycles. The fourth-order valence-corrected chi connectivity index (χ4v) is 2.58. The smallest absolute Gasteiger partial charge is 0.310 e. The van der Waals surface area contributed by atoms with Crippen molar-refractivity contribution < 1.29 is 19.1 Å². The van der Waals surface area contributed by atoms with Gasteiger partial charge in [0.2, 0.25) is 0 Å². The summed E-state index contributed by atoms with van der Waals surface area (Å²) in [4.78, 5) is 24.2. The largest absolute Gasteiger partial charge is 0.466 e. The first-order chi connectivity index (χ1) is 9.11. The highest BCUT2D eigenvalue weighted by atomic mass is 16.5. The third-order valence-corrected chi connectivity index (χ3v) is 3.51. The Kier molecular flexibility index (Phi) is 6.60. The topological polar surface area (TPSA) is 52.6 Å². The van der Waals surface area contributed by atoms with Gasteiger partial charge in [-0.15, -0.1) is 0 Å². The molecular weight excluding hydrogens is 244 g/mol. The maximum Gasteiger partial charge on any atom is 0.310 e. The van der Waals surface area contributed by atoms with E-state index in [-0.39, 0.29) is 23.8 Å². The van der Waals surface area contributed by atoms with Crippen molar-refractivity contribution >= 4 is 11.9 Å². The van der Waals surface area contributed by atoms with Crippen molar-refractivity contribution in [3.63, 3.8) is 0 Å². The van der Waals surface area contributed by atoms with Gasteiger partial charge in [0.05, 0.1) is 25.0 Å². The van der Waals surface area contributed by atoms with E-state index < -0.39 is 5.92 Å². The van der Waals surface area contributed by atoms with E-state index in [2.05, 4.69) is 12.2 Å². The highest BCUT2D eigenvalue weighted by Crippen LogP contribution is 2.32. The van der Waals surface area contributed by atoms with E-state index in [1.165, 1.54) is 0 Å². The molecule has 0 fully saturated rings. The fourth-order valence-electron chi connectivity index (χ4n) is 2.58. The standard InChI is InChI=1S/C15H24O4/c1-4-18-14(16)12-10-8-6-7-9-11(3)13(12)15(17)19-5-2/h6-7,11-13H,4-5,8-10H2,1-3H3/b7-6-. The van der Waals surface area contributed by atoms with Gasteiger partial charge in [0.1, 0.15) is 0 Å². The van der Waals surface area contributed by atoms with Crippen molar-refractivity contribution in [1.29, 1.82) is 0 Å². The number of carbonyl (C=O) groups excluding carboxylic acids is 2. The van der Waals surface area contributed by atoms with Gasteiger partial charge in [0.25, 0.3) is 0 Å². The average Bonchev–Trinajstić information content (AvgIpc) is 2.34. The Morgan fingerprint density at radius 3 is 2.37 bits per heavy atom. The SMILES string of the molecule is CCOC(=O)C1CC/C=C\CC(C)C1C(=O)OCC. The number of ether oxygens (including phenoxy) is 2. The van der Waals surface area contributed by atoms with Crippen molar-refractivity contribution in [3.05, 3.63) is 12.2 Å². The average molecular weight is 268 g/mol. The number of hydrogen-bond acceptors (Lipinski definition) is 4. The number of hydrogen-bond donors (Lipinski definition) is 0. The molecule has 0 aromatic heterocycles. The van der Waals surface area contributed by atoms with Gasteiger partial charge in [-0.25, -0.2) is 0 Å². The third kappa shape index (κ3) is 4.37. The summed E-state index contributed by atoms with van der Waals surface area (Å²) in [5.41, 5.74) is 0. The maximum absolute atomic E-state index is 12.1. The van der Waals surface area contributed by atoms with Crippen molar-refractivity contribution in [2.75, 3.05) is 13.2 Å². The molecule has 19 heavy (non-hydrogen) atoms. The van der Waals surface area contributed by atoms with Gasteiger partial charge in [0.15, 0.2) is 0 Å². The van der Waals surface area contributed by atoms with E-state index in [1.807, 2.05) is 6.92 Å². The summed E-state index contributed by atoms with van der Waals surface area (Å²) in [5, 5.41) is 0. The fraction of sp³-hybridized carbons (Fsp3) is 0.733. The Hall–Kier alpha value is -1.32. The lowest BCUT2D eigenvalue weighted by Gasteiger charge is -2.29. The van der Waals surface area contributed by atoms with Gasteiger partial charge in [0, 0.05) is 0 Å². The molecule has 0 bridgehead atoms. The lowest BCUT2D eigenvalue weighted by Crippen LogP contribution is -2.37. The first-order valence-corrected chi connectivity index (χ1v) is 7.10. The second-order valence-corrected chi connectivity index (χ2v) is 4.90. The molecular formula is C15H24O4. The number of carbonyl (C=O) groups is 2.